The second-order valence-electron chi connectivity index (χ2n) is 12.0. The number of fused-ring (bicyclic) bond motifs is 1. The summed E-state index contributed by atoms with van der Waals surface area (Å²) in [5.41, 5.74) is 4.10. The highest BCUT2D eigenvalue weighted by molar-refractivity contribution is 5.95. The minimum atomic E-state index is -0.511. The van der Waals surface area contributed by atoms with Crippen molar-refractivity contribution >= 4 is 23.5 Å². The number of likely N-dealkylation sites (N-methyl/N-ethyl adjacent to an activating group) is 1. The molecule has 2 aliphatic heterocycles. The number of carbonyl (C=O) groups excluding carboxylic acids is 3. The first-order chi connectivity index (χ1) is 19.8. The lowest BCUT2D eigenvalue weighted by molar-refractivity contribution is -0.139. The van der Waals surface area contributed by atoms with E-state index in [1.807, 2.05) is 47.3 Å². The lowest BCUT2D eigenvalue weighted by Crippen LogP contribution is -2.55. The van der Waals surface area contributed by atoms with Crippen molar-refractivity contribution in [2.24, 2.45) is 5.92 Å². The number of hydrogen-bond donors (Lipinski definition) is 2. The van der Waals surface area contributed by atoms with E-state index in [1.54, 1.807) is 26.0 Å². The maximum absolute atomic E-state index is 14.2. The van der Waals surface area contributed by atoms with Crippen LogP contribution in [0.1, 0.15) is 80.5 Å². The quantitative estimate of drug-likeness (QED) is 0.533. The Morgan fingerprint density at radius 2 is 1.73 bits per heavy atom. The lowest BCUT2D eigenvalue weighted by atomic mass is 9.83. The molecular weight excluding hydrogens is 516 g/mol. The van der Waals surface area contributed by atoms with Gasteiger partial charge >= 0.3 is 6.03 Å². The van der Waals surface area contributed by atoms with E-state index in [0.29, 0.717) is 13.1 Å². The highest BCUT2D eigenvalue weighted by atomic mass is 16.2. The number of rotatable bonds is 7. The molecule has 3 unspecified atom stereocenters. The number of nitrogens with one attached hydrogen (secondary N) is 2. The SMILES string of the molecule is CN[C@@H](C)C(=O)NC(C(=O)N1CCCC1c1cncc(C2CN(C(=O)N(C)C)c3ccccc32)c1)C1CCCCC1. The summed E-state index contributed by atoms with van der Waals surface area (Å²) >= 11 is 0. The third-order valence-corrected chi connectivity index (χ3v) is 9.20. The number of para-hydroxylation sites is 1. The minimum absolute atomic E-state index is 0.00501. The first kappa shape index (κ1) is 29.0. The van der Waals surface area contributed by atoms with Gasteiger partial charge in [-0.15, -0.1) is 0 Å². The third-order valence-electron chi connectivity index (χ3n) is 9.20. The lowest BCUT2D eigenvalue weighted by Gasteiger charge is -2.35. The Balaban J connectivity index is 1.40. The topological polar surface area (TPSA) is 97.9 Å². The molecule has 1 aromatic heterocycles. The van der Waals surface area contributed by atoms with E-state index >= 15 is 0 Å². The highest BCUT2D eigenvalue weighted by Gasteiger charge is 2.40. The molecule has 0 radical (unpaired) electrons. The van der Waals surface area contributed by atoms with Crippen molar-refractivity contribution in [3.8, 4) is 0 Å². The fourth-order valence-electron chi connectivity index (χ4n) is 6.78. The summed E-state index contributed by atoms with van der Waals surface area (Å²) < 4.78 is 0. The van der Waals surface area contributed by atoms with Gasteiger partial charge in [0, 0.05) is 51.2 Å². The zero-order chi connectivity index (χ0) is 29.1. The zero-order valence-electron chi connectivity index (χ0n) is 24.8. The highest BCUT2D eigenvalue weighted by Crippen LogP contribution is 2.42. The average molecular weight is 561 g/mol. The molecule has 220 valence electrons. The molecule has 5 rings (SSSR count). The third kappa shape index (κ3) is 5.96. The molecule has 3 heterocycles. The van der Waals surface area contributed by atoms with Crippen molar-refractivity contribution in [1.82, 2.24) is 25.4 Å². The molecule has 1 aliphatic carbocycles. The molecule has 0 bridgehead atoms. The van der Waals surface area contributed by atoms with Crippen molar-refractivity contribution in [3.63, 3.8) is 0 Å². The smallest absolute Gasteiger partial charge is 0.323 e. The van der Waals surface area contributed by atoms with Crippen molar-refractivity contribution < 1.29 is 14.4 Å². The van der Waals surface area contributed by atoms with E-state index in [0.717, 1.165) is 60.9 Å². The van der Waals surface area contributed by atoms with Crippen LogP contribution in [0.5, 0.6) is 0 Å². The first-order valence-corrected chi connectivity index (χ1v) is 15.1. The normalized spacial score (nSPS) is 22.2. The molecule has 0 spiro atoms. The molecule has 2 aromatic rings. The summed E-state index contributed by atoms with van der Waals surface area (Å²) in [6.45, 7) is 3.04. The molecule has 1 saturated carbocycles. The number of hydrogen-bond acceptors (Lipinski definition) is 5. The van der Waals surface area contributed by atoms with Crippen LogP contribution in [-0.4, -0.2) is 78.9 Å². The monoisotopic (exact) mass is 560 g/mol. The molecule has 2 N–H and O–H groups in total. The Bertz CT molecular complexity index is 1260. The fourth-order valence-corrected chi connectivity index (χ4v) is 6.78. The van der Waals surface area contributed by atoms with Crippen LogP contribution in [0.25, 0.3) is 0 Å². The molecule has 41 heavy (non-hydrogen) atoms. The summed E-state index contributed by atoms with van der Waals surface area (Å²) in [5.74, 6) is 0.0542. The molecule has 9 heteroatoms. The van der Waals surface area contributed by atoms with Gasteiger partial charge in [-0.2, -0.15) is 0 Å². The molecule has 4 amide bonds. The summed E-state index contributed by atoms with van der Waals surface area (Å²) in [6, 6.07) is 9.23. The van der Waals surface area contributed by atoms with Crippen LogP contribution in [0.2, 0.25) is 0 Å². The maximum atomic E-state index is 14.2. The Morgan fingerprint density at radius 1 is 1.00 bits per heavy atom. The van der Waals surface area contributed by atoms with Crippen molar-refractivity contribution in [3.05, 3.63) is 59.4 Å². The Hall–Kier alpha value is -3.46. The van der Waals surface area contributed by atoms with Crippen LogP contribution in [0, 0.1) is 5.92 Å². The summed E-state index contributed by atoms with van der Waals surface area (Å²) in [6.07, 6.45) is 10.8. The zero-order valence-corrected chi connectivity index (χ0v) is 24.8. The number of amides is 4. The predicted octanol–water partition coefficient (Wildman–Crippen LogP) is 4.05. The molecule has 1 saturated heterocycles. The Morgan fingerprint density at radius 3 is 2.46 bits per heavy atom. The molecule has 9 nitrogen and oxygen atoms in total. The van der Waals surface area contributed by atoms with Gasteiger partial charge in [-0.1, -0.05) is 37.5 Å². The van der Waals surface area contributed by atoms with Gasteiger partial charge in [0.1, 0.15) is 6.04 Å². The van der Waals surface area contributed by atoms with E-state index < -0.39 is 6.04 Å². The van der Waals surface area contributed by atoms with Gasteiger partial charge < -0.3 is 20.4 Å². The maximum Gasteiger partial charge on any atom is 0.323 e. The van der Waals surface area contributed by atoms with Gasteiger partial charge in [-0.3, -0.25) is 19.5 Å². The summed E-state index contributed by atoms with van der Waals surface area (Å²) in [5, 5.41) is 6.13. The van der Waals surface area contributed by atoms with Gasteiger partial charge in [0.05, 0.1) is 12.1 Å². The predicted molar refractivity (Wildman–Crippen MR) is 160 cm³/mol. The number of likely N-dealkylation sites (tertiary alicyclic amines) is 1. The van der Waals surface area contributed by atoms with E-state index in [9.17, 15) is 14.4 Å². The Kier molecular flexibility index (Phi) is 8.92. The van der Waals surface area contributed by atoms with Crippen LogP contribution < -0.4 is 15.5 Å². The van der Waals surface area contributed by atoms with Gasteiger partial charge in [0.25, 0.3) is 0 Å². The van der Waals surface area contributed by atoms with Gasteiger partial charge in [0.15, 0.2) is 0 Å². The van der Waals surface area contributed by atoms with Crippen molar-refractivity contribution in [1.29, 1.82) is 0 Å². The number of nitrogens with zero attached hydrogens (tertiary/aromatic N) is 4. The van der Waals surface area contributed by atoms with Crippen LogP contribution >= 0.6 is 0 Å². The van der Waals surface area contributed by atoms with Crippen LogP contribution in [0.3, 0.4) is 0 Å². The molecular formula is C32H44N6O3. The fraction of sp³-hybridized carbons (Fsp3) is 0.562. The summed E-state index contributed by atoms with van der Waals surface area (Å²) in [4.78, 5) is 50.1. The van der Waals surface area contributed by atoms with Crippen LogP contribution in [0.15, 0.2) is 42.7 Å². The van der Waals surface area contributed by atoms with Gasteiger partial charge in [-0.25, -0.2) is 4.79 Å². The van der Waals surface area contributed by atoms with E-state index in [2.05, 4.69) is 27.8 Å². The molecule has 4 atom stereocenters. The largest absolute Gasteiger partial charge is 0.343 e. The Labute approximate surface area is 243 Å². The molecule has 1 aromatic carbocycles. The number of benzene rings is 1. The molecule has 3 aliphatic rings. The first-order valence-electron chi connectivity index (χ1n) is 15.1. The van der Waals surface area contributed by atoms with E-state index in [-0.39, 0.29) is 41.8 Å². The van der Waals surface area contributed by atoms with Crippen molar-refractivity contribution in [2.45, 2.75) is 75.9 Å². The van der Waals surface area contributed by atoms with E-state index in [1.165, 1.54) is 6.42 Å². The van der Waals surface area contributed by atoms with Crippen molar-refractivity contribution in [2.75, 3.05) is 39.1 Å². The second kappa shape index (κ2) is 12.6. The number of aromatic nitrogens is 1. The number of pyridine rings is 1. The number of carbonyl (C=O) groups is 3. The van der Waals surface area contributed by atoms with Crippen LogP contribution in [0.4, 0.5) is 10.5 Å². The summed E-state index contributed by atoms with van der Waals surface area (Å²) in [7, 11) is 5.31. The minimum Gasteiger partial charge on any atom is -0.343 e. The average Bonchev–Trinajstić information content (AvgIpc) is 3.65. The second-order valence-corrected chi connectivity index (χ2v) is 12.0. The standard InChI is InChI=1S/C32H44N6O3/c1-21(33-2)30(39)35-29(22-11-6-5-7-12-22)31(40)37-16-10-15-27(37)24-17-23(18-34-19-24)26-20-38(32(41)36(3)4)28-14-9-8-13-25(26)28/h8-9,13-14,17-19,21-22,26-27,29,33H,5-7,10-12,15-16,20H2,1-4H3,(H,35,39)/t21-,26?,27?,29?/m0/s1. The van der Waals surface area contributed by atoms with E-state index in [4.69, 9.17) is 0 Å². The number of urea groups is 1. The van der Waals surface area contributed by atoms with Gasteiger partial charge in [0.2, 0.25) is 11.8 Å². The van der Waals surface area contributed by atoms with Gasteiger partial charge in [-0.05, 0) is 74.4 Å². The van der Waals surface area contributed by atoms with Crippen LogP contribution in [-0.2, 0) is 9.59 Å². The number of anilines is 1. The molecule has 2 fully saturated rings.